The topological polar surface area (TPSA) is 61.4 Å². The van der Waals surface area contributed by atoms with Gasteiger partial charge in [-0.25, -0.2) is 13.1 Å². The van der Waals surface area contributed by atoms with E-state index < -0.39 is 10.0 Å². The molecule has 0 saturated carbocycles. The number of hydrogen-bond donors (Lipinski definition) is 2. The maximum Gasteiger partial charge on any atom is 0.240 e. The Morgan fingerprint density at radius 1 is 1.14 bits per heavy atom. The zero-order valence-corrected chi connectivity index (χ0v) is 14.1. The summed E-state index contributed by atoms with van der Waals surface area (Å²) in [4.78, 5) is 2.68. The zero-order valence-electron chi connectivity index (χ0n) is 13.3. The standard InChI is InChI=1S/C16H27N3O2S/c1-17-10-7-15-8-12-19(13-9-15)14-11-18-22(20,21)16-5-3-2-4-6-16/h2-6,15,17-18H,7-14H2,1H3. The van der Waals surface area contributed by atoms with E-state index in [-0.39, 0.29) is 0 Å². The lowest BCUT2D eigenvalue weighted by atomic mass is 9.93. The molecular formula is C16H27N3O2S. The fourth-order valence-corrected chi connectivity index (χ4v) is 3.91. The van der Waals surface area contributed by atoms with E-state index in [2.05, 4.69) is 14.9 Å². The van der Waals surface area contributed by atoms with Crippen LogP contribution < -0.4 is 10.0 Å². The van der Waals surface area contributed by atoms with Crippen LogP contribution in [0.4, 0.5) is 0 Å². The molecular weight excluding hydrogens is 298 g/mol. The van der Waals surface area contributed by atoms with Crippen molar-refractivity contribution in [3.05, 3.63) is 30.3 Å². The van der Waals surface area contributed by atoms with E-state index in [0.717, 1.165) is 32.1 Å². The summed E-state index contributed by atoms with van der Waals surface area (Å²) in [6, 6.07) is 8.54. The van der Waals surface area contributed by atoms with E-state index in [0.29, 0.717) is 11.4 Å². The SMILES string of the molecule is CNCCC1CCN(CCNS(=O)(=O)c2ccccc2)CC1. The van der Waals surface area contributed by atoms with Gasteiger partial charge in [0, 0.05) is 13.1 Å². The van der Waals surface area contributed by atoms with Crippen molar-refractivity contribution in [2.45, 2.75) is 24.2 Å². The Morgan fingerprint density at radius 3 is 2.45 bits per heavy atom. The molecule has 0 spiro atoms. The van der Waals surface area contributed by atoms with Crippen LogP contribution in [0.2, 0.25) is 0 Å². The lowest BCUT2D eigenvalue weighted by molar-refractivity contribution is 0.182. The summed E-state index contributed by atoms with van der Waals surface area (Å²) in [5, 5.41) is 3.20. The maximum absolute atomic E-state index is 12.1. The average Bonchev–Trinajstić information content (AvgIpc) is 2.55. The minimum absolute atomic E-state index is 0.334. The summed E-state index contributed by atoms with van der Waals surface area (Å²) in [5.41, 5.74) is 0. The van der Waals surface area contributed by atoms with Gasteiger partial charge >= 0.3 is 0 Å². The third-order valence-corrected chi connectivity index (χ3v) is 5.76. The van der Waals surface area contributed by atoms with E-state index in [1.54, 1.807) is 24.3 Å². The summed E-state index contributed by atoms with van der Waals surface area (Å²) in [6.45, 7) is 4.48. The summed E-state index contributed by atoms with van der Waals surface area (Å²) >= 11 is 0. The van der Waals surface area contributed by atoms with Crippen LogP contribution in [0, 0.1) is 5.92 Å². The highest BCUT2D eigenvalue weighted by Gasteiger charge is 2.19. The van der Waals surface area contributed by atoms with Gasteiger partial charge in [0.15, 0.2) is 0 Å². The molecule has 1 aliphatic rings. The molecule has 0 aromatic heterocycles. The van der Waals surface area contributed by atoms with Crippen LogP contribution in [0.1, 0.15) is 19.3 Å². The van der Waals surface area contributed by atoms with E-state index >= 15 is 0 Å². The minimum Gasteiger partial charge on any atom is -0.320 e. The molecule has 1 heterocycles. The van der Waals surface area contributed by atoms with Crippen molar-refractivity contribution in [1.82, 2.24) is 14.9 Å². The highest BCUT2D eigenvalue weighted by Crippen LogP contribution is 2.19. The van der Waals surface area contributed by atoms with Gasteiger partial charge in [-0.05, 0) is 64.0 Å². The van der Waals surface area contributed by atoms with E-state index in [9.17, 15) is 8.42 Å². The molecule has 1 saturated heterocycles. The highest BCUT2D eigenvalue weighted by molar-refractivity contribution is 7.89. The lowest BCUT2D eigenvalue weighted by Gasteiger charge is -2.31. The van der Waals surface area contributed by atoms with Crippen molar-refractivity contribution >= 4 is 10.0 Å². The van der Waals surface area contributed by atoms with Gasteiger partial charge in [0.1, 0.15) is 0 Å². The summed E-state index contributed by atoms with van der Waals surface area (Å²) in [7, 11) is -1.37. The smallest absolute Gasteiger partial charge is 0.240 e. The van der Waals surface area contributed by atoms with Crippen molar-refractivity contribution in [2.75, 3.05) is 39.8 Å². The van der Waals surface area contributed by atoms with Gasteiger partial charge in [0.2, 0.25) is 10.0 Å². The third kappa shape index (κ3) is 5.35. The fraction of sp³-hybridized carbons (Fsp3) is 0.625. The Morgan fingerprint density at radius 2 is 1.82 bits per heavy atom. The molecule has 5 nitrogen and oxygen atoms in total. The normalized spacial score (nSPS) is 17.7. The second kappa shape index (κ2) is 8.62. The number of nitrogens with one attached hydrogen (secondary N) is 2. The molecule has 6 heteroatoms. The molecule has 124 valence electrons. The minimum atomic E-state index is -3.37. The van der Waals surface area contributed by atoms with Crippen LogP contribution in [0.15, 0.2) is 35.2 Å². The van der Waals surface area contributed by atoms with E-state index in [1.807, 2.05) is 13.1 Å². The van der Waals surface area contributed by atoms with Gasteiger partial charge in [0.25, 0.3) is 0 Å². The summed E-state index contributed by atoms with van der Waals surface area (Å²) < 4.78 is 26.9. The Balaban J connectivity index is 1.69. The quantitative estimate of drug-likeness (QED) is 0.756. The number of hydrogen-bond acceptors (Lipinski definition) is 4. The van der Waals surface area contributed by atoms with Crippen molar-refractivity contribution in [2.24, 2.45) is 5.92 Å². The zero-order chi connectivity index (χ0) is 15.8. The second-order valence-corrected chi connectivity index (χ2v) is 7.66. The maximum atomic E-state index is 12.1. The Labute approximate surface area is 134 Å². The van der Waals surface area contributed by atoms with Gasteiger partial charge in [-0.3, -0.25) is 0 Å². The Hall–Kier alpha value is -0.950. The molecule has 1 aliphatic heterocycles. The number of sulfonamides is 1. The monoisotopic (exact) mass is 325 g/mol. The molecule has 1 aromatic rings. The molecule has 0 aliphatic carbocycles. The first-order chi connectivity index (χ1) is 10.6. The number of likely N-dealkylation sites (tertiary alicyclic amines) is 1. The first kappa shape index (κ1) is 17.4. The number of piperidine rings is 1. The molecule has 1 fully saturated rings. The van der Waals surface area contributed by atoms with Crippen molar-refractivity contribution in [3.63, 3.8) is 0 Å². The molecule has 2 N–H and O–H groups in total. The van der Waals surface area contributed by atoms with Crippen LogP contribution >= 0.6 is 0 Å². The molecule has 0 atom stereocenters. The Bertz CT molecular complexity index is 526. The van der Waals surface area contributed by atoms with Gasteiger partial charge < -0.3 is 10.2 Å². The lowest BCUT2D eigenvalue weighted by Crippen LogP contribution is -2.39. The first-order valence-corrected chi connectivity index (χ1v) is 9.52. The van der Waals surface area contributed by atoms with Crippen LogP contribution in [-0.2, 0) is 10.0 Å². The largest absolute Gasteiger partial charge is 0.320 e. The van der Waals surface area contributed by atoms with E-state index in [1.165, 1.54) is 19.3 Å². The van der Waals surface area contributed by atoms with Gasteiger partial charge in [-0.15, -0.1) is 0 Å². The summed E-state index contributed by atoms with van der Waals surface area (Å²) in [6.07, 6.45) is 3.67. The second-order valence-electron chi connectivity index (χ2n) is 5.89. The van der Waals surface area contributed by atoms with Crippen LogP contribution in [0.25, 0.3) is 0 Å². The number of nitrogens with zero attached hydrogens (tertiary/aromatic N) is 1. The van der Waals surface area contributed by atoms with Crippen LogP contribution in [0.3, 0.4) is 0 Å². The van der Waals surface area contributed by atoms with Crippen molar-refractivity contribution < 1.29 is 8.42 Å². The van der Waals surface area contributed by atoms with Crippen LogP contribution in [-0.4, -0.2) is 53.1 Å². The van der Waals surface area contributed by atoms with E-state index in [4.69, 9.17) is 0 Å². The predicted molar refractivity (Wildman–Crippen MR) is 89.3 cm³/mol. The number of rotatable bonds is 8. The van der Waals surface area contributed by atoms with Crippen LogP contribution in [0.5, 0.6) is 0 Å². The molecule has 1 aromatic carbocycles. The molecule has 2 rings (SSSR count). The summed E-state index contributed by atoms with van der Waals surface area (Å²) in [5.74, 6) is 0.810. The van der Waals surface area contributed by atoms with Gasteiger partial charge in [-0.1, -0.05) is 18.2 Å². The van der Waals surface area contributed by atoms with Gasteiger partial charge in [0.05, 0.1) is 4.90 Å². The molecule has 22 heavy (non-hydrogen) atoms. The highest BCUT2D eigenvalue weighted by atomic mass is 32.2. The Kier molecular flexibility index (Phi) is 6.82. The van der Waals surface area contributed by atoms with Gasteiger partial charge in [-0.2, -0.15) is 0 Å². The number of benzene rings is 1. The molecule has 0 unspecified atom stereocenters. The van der Waals surface area contributed by atoms with Crippen molar-refractivity contribution in [1.29, 1.82) is 0 Å². The first-order valence-electron chi connectivity index (χ1n) is 8.03. The molecule has 0 bridgehead atoms. The molecule has 0 radical (unpaired) electrons. The fourth-order valence-electron chi connectivity index (χ4n) is 2.87. The molecule has 0 amide bonds. The predicted octanol–water partition coefficient (Wildman–Crippen LogP) is 1.29. The average molecular weight is 325 g/mol. The third-order valence-electron chi connectivity index (χ3n) is 4.28. The van der Waals surface area contributed by atoms with Crippen molar-refractivity contribution in [3.8, 4) is 0 Å².